The van der Waals surface area contributed by atoms with Crippen molar-refractivity contribution < 1.29 is 0 Å². The summed E-state index contributed by atoms with van der Waals surface area (Å²) in [4.78, 5) is 2.18. The van der Waals surface area contributed by atoms with Crippen LogP contribution in [-0.2, 0) is 6.54 Å². The van der Waals surface area contributed by atoms with Crippen molar-refractivity contribution in [3.63, 3.8) is 0 Å². The third kappa shape index (κ3) is 3.18. The van der Waals surface area contributed by atoms with E-state index in [1.807, 2.05) is 6.20 Å². The van der Waals surface area contributed by atoms with Gasteiger partial charge in [-0.1, -0.05) is 6.08 Å². The van der Waals surface area contributed by atoms with Crippen molar-refractivity contribution in [3.05, 3.63) is 22.4 Å². The lowest BCUT2D eigenvalue weighted by Gasteiger charge is -2.17. The van der Waals surface area contributed by atoms with Crippen LogP contribution in [0.15, 0.2) is 16.7 Å². The molecule has 0 atom stereocenters. The van der Waals surface area contributed by atoms with E-state index < -0.39 is 0 Å². The van der Waals surface area contributed by atoms with Crippen LogP contribution in [0.3, 0.4) is 0 Å². The van der Waals surface area contributed by atoms with Crippen LogP contribution in [0.5, 0.6) is 0 Å². The van der Waals surface area contributed by atoms with E-state index in [4.69, 9.17) is 0 Å². The molecular formula is C12H19BrN4. The van der Waals surface area contributed by atoms with Crippen LogP contribution in [0.2, 0.25) is 0 Å². The molecule has 4 nitrogen and oxygen atoms in total. The van der Waals surface area contributed by atoms with E-state index in [2.05, 4.69) is 56.1 Å². The highest BCUT2D eigenvalue weighted by molar-refractivity contribution is 9.10. The van der Waals surface area contributed by atoms with Gasteiger partial charge in [0, 0.05) is 13.1 Å². The van der Waals surface area contributed by atoms with E-state index >= 15 is 0 Å². The monoisotopic (exact) mass is 298 g/mol. The van der Waals surface area contributed by atoms with Crippen LogP contribution in [0.25, 0.3) is 5.57 Å². The first-order valence-electron chi connectivity index (χ1n) is 5.94. The maximum Gasteiger partial charge on any atom is 0.0782 e. The fourth-order valence-corrected chi connectivity index (χ4v) is 2.53. The zero-order valence-corrected chi connectivity index (χ0v) is 12.0. The highest BCUT2D eigenvalue weighted by Gasteiger charge is 2.15. The Hall–Kier alpha value is -0.650. The van der Waals surface area contributed by atoms with Crippen molar-refractivity contribution in [1.82, 2.24) is 20.0 Å². The molecule has 0 saturated heterocycles. The number of nitrogens with zero attached hydrogens (tertiary/aromatic N) is 3. The number of hydrogen-bond acceptors (Lipinski definition) is 3. The smallest absolute Gasteiger partial charge is 0.0782 e. The normalized spacial score (nSPS) is 16.4. The summed E-state index contributed by atoms with van der Waals surface area (Å²) in [6.45, 7) is 3.95. The summed E-state index contributed by atoms with van der Waals surface area (Å²) in [5.41, 5.74) is 2.64. The van der Waals surface area contributed by atoms with Gasteiger partial charge in [-0.15, -0.1) is 0 Å². The second kappa shape index (κ2) is 5.80. The standard InChI is InChI=1S/C12H19BrN4/c1-16(2)7-8-17-12(11(13)9-15-17)10-3-5-14-6-4-10/h3,9,14H,4-8H2,1-2H3. The van der Waals surface area contributed by atoms with E-state index in [9.17, 15) is 0 Å². The molecule has 1 aliphatic rings. The highest BCUT2D eigenvalue weighted by Crippen LogP contribution is 2.27. The third-order valence-corrected chi connectivity index (χ3v) is 3.50. The lowest BCUT2D eigenvalue weighted by atomic mass is 10.1. The first-order valence-corrected chi connectivity index (χ1v) is 6.74. The van der Waals surface area contributed by atoms with E-state index in [1.54, 1.807) is 0 Å². The van der Waals surface area contributed by atoms with Crippen molar-refractivity contribution in [2.24, 2.45) is 0 Å². The Labute approximate surface area is 111 Å². The van der Waals surface area contributed by atoms with Gasteiger partial charge in [0.2, 0.25) is 0 Å². The van der Waals surface area contributed by atoms with Crippen LogP contribution in [0.1, 0.15) is 12.1 Å². The second-order valence-corrected chi connectivity index (χ2v) is 5.41. The molecule has 0 unspecified atom stereocenters. The van der Waals surface area contributed by atoms with Crippen LogP contribution in [-0.4, -0.2) is 48.4 Å². The predicted molar refractivity (Wildman–Crippen MR) is 73.9 cm³/mol. The minimum absolute atomic E-state index is 0.929. The summed E-state index contributed by atoms with van der Waals surface area (Å²) < 4.78 is 3.20. The first kappa shape index (κ1) is 12.8. The molecule has 0 spiro atoms. The Morgan fingerprint density at radius 2 is 2.35 bits per heavy atom. The number of rotatable bonds is 4. The first-order chi connectivity index (χ1) is 8.18. The Kier molecular flexibility index (Phi) is 4.36. The van der Waals surface area contributed by atoms with E-state index in [0.717, 1.165) is 37.1 Å². The molecule has 0 saturated carbocycles. The fourth-order valence-electron chi connectivity index (χ4n) is 1.98. The van der Waals surface area contributed by atoms with Crippen molar-refractivity contribution >= 4 is 21.5 Å². The molecule has 2 heterocycles. The van der Waals surface area contributed by atoms with Crippen molar-refractivity contribution in [2.45, 2.75) is 13.0 Å². The number of likely N-dealkylation sites (N-methyl/N-ethyl adjacent to an activating group) is 1. The molecule has 17 heavy (non-hydrogen) atoms. The summed E-state index contributed by atoms with van der Waals surface area (Å²) in [5.74, 6) is 0. The van der Waals surface area contributed by atoms with Crippen molar-refractivity contribution in [2.75, 3.05) is 33.7 Å². The number of nitrogens with one attached hydrogen (secondary N) is 1. The van der Waals surface area contributed by atoms with Crippen LogP contribution in [0.4, 0.5) is 0 Å². The lowest BCUT2D eigenvalue weighted by Crippen LogP contribution is -2.23. The minimum atomic E-state index is 0.929. The zero-order chi connectivity index (χ0) is 12.3. The molecule has 1 aromatic rings. The van der Waals surface area contributed by atoms with Gasteiger partial charge in [0.05, 0.1) is 22.9 Å². The SMILES string of the molecule is CN(C)CCn1ncc(Br)c1C1=CCNCC1. The van der Waals surface area contributed by atoms with Gasteiger partial charge in [0.25, 0.3) is 0 Å². The van der Waals surface area contributed by atoms with E-state index in [-0.39, 0.29) is 0 Å². The van der Waals surface area contributed by atoms with Crippen molar-refractivity contribution in [3.8, 4) is 0 Å². The summed E-state index contributed by atoms with van der Waals surface area (Å²) >= 11 is 3.60. The quantitative estimate of drug-likeness (QED) is 0.916. The molecule has 5 heteroatoms. The molecule has 0 amide bonds. The maximum absolute atomic E-state index is 4.44. The van der Waals surface area contributed by atoms with Crippen molar-refractivity contribution in [1.29, 1.82) is 0 Å². The summed E-state index contributed by atoms with van der Waals surface area (Å²) in [6.07, 6.45) is 5.23. The van der Waals surface area contributed by atoms with E-state index in [1.165, 1.54) is 11.3 Å². The van der Waals surface area contributed by atoms with E-state index in [0.29, 0.717) is 0 Å². The van der Waals surface area contributed by atoms with Crippen LogP contribution >= 0.6 is 15.9 Å². The fraction of sp³-hybridized carbons (Fsp3) is 0.583. The molecule has 1 N–H and O–H groups in total. The summed E-state index contributed by atoms with van der Waals surface area (Å²) in [7, 11) is 4.17. The van der Waals surface area contributed by atoms with Gasteiger partial charge in [-0.05, 0) is 48.6 Å². The Bertz CT molecular complexity index is 409. The van der Waals surface area contributed by atoms with Gasteiger partial charge >= 0.3 is 0 Å². The minimum Gasteiger partial charge on any atom is -0.313 e. The van der Waals surface area contributed by atoms with Gasteiger partial charge < -0.3 is 10.2 Å². The Balaban J connectivity index is 2.19. The predicted octanol–water partition coefficient (Wildman–Crippen LogP) is 1.58. The zero-order valence-electron chi connectivity index (χ0n) is 10.4. The summed E-state index contributed by atoms with van der Waals surface area (Å²) in [5, 5.41) is 7.78. The number of aromatic nitrogens is 2. The molecule has 0 aliphatic carbocycles. The molecule has 2 rings (SSSR count). The number of halogens is 1. The molecular weight excluding hydrogens is 280 g/mol. The topological polar surface area (TPSA) is 33.1 Å². The largest absolute Gasteiger partial charge is 0.313 e. The van der Waals surface area contributed by atoms with Gasteiger partial charge in [0.1, 0.15) is 0 Å². The molecule has 0 aromatic carbocycles. The molecule has 0 fully saturated rings. The number of hydrogen-bond donors (Lipinski definition) is 1. The molecule has 94 valence electrons. The Morgan fingerprint density at radius 1 is 1.53 bits per heavy atom. The van der Waals surface area contributed by atoms with Crippen LogP contribution in [0, 0.1) is 0 Å². The molecule has 1 aliphatic heterocycles. The van der Waals surface area contributed by atoms with Crippen LogP contribution < -0.4 is 5.32 Å². The Morgan fingerprint density at radius 3 is 3.00 bits per heavy atom. The molecule has 0 bridgehead atoms. The third-order valence-electron chi connectivity index (χ3n) is 2.92. The lowest BCUT2D eigenvalue weighted by molar-refractivity contribution is 0.372. The highest BCUT2D eigenvalue weighted by atomic mass is 79.9. The molecule has 1 aromatic heterocycles. The maximum atomic E-state index is 4.44. The molecule has 0 radical (unpaired) electrons. The van der Waals surface area contributed by atoms with Gasteiger partial charge in [-0.2, -0.15) is 5.10 Å². The second-order valence-electron chi connectivity index (χ2n) is 4.55. The summed E-state index contributed by atoms with van der Waals surface area (Å²) in [6, 6.07) is 0. The van der Waals surface area contributed by atoms with Gasteiger partial charge in [0.15, 0.2) is 0 Å². The average molecular weight is 299 g/mol. The average Bonchev–Trinajstić information content (AvgIpc) is 2.69. The van der Waals surface area contributed by atoms with Gasteiger partial charge in [-0.25, -0.2) is 0 Å². The van der Waals surface area contributed by atoms with Gasteiger partial charge in [-0.3, -0.25) is 4.68 Å².